The molecule has 278 valence electrons. The summed E-state index contributed by atoms with van der Waals surface area (Å²) in [5, 5.41) is 0. The Bertz CT molecular complexity index is 2770. The second-order valence-electron chi connectivity index (χ2n) is 16.5. The van der Waals surface area contributed by atoms with E-state index in [4.69, 9.17) is 15.0 Å². The highest BCUT2D eigenvalue weighted by molar-refractivity contribution is 5.91. The molecule has 0 aliphatic heterocycles. The van der Waals surface area contributed by atoms with Gasteiger partial charge in [0.15, 0.2) is 17.5 Å². The van der Waals surface area contributed by atoms with Crippen LogP contribution in [0.4, 0.5) is 0 Å². The Morgan fingerprint density at radius 1 is 0.448 bits per heavy atom. The van der Waals surface area contributed by atoms with Gasteiger partial charge in [-0.25, -0.2) is 15.0 Å². The zero-order chi connectivity index (χ0) is 38.6. The van der Waals surface area contributed by atoms with Crippen LogP contribution in [0.1, 0.15) is 43.7 Å². The first-order chi connectivity index (χ1) is 28.6. The molecule has 3 atom stereocenters. The van der Waals surface area contributed by atoms with Crippen molar-refractivity contribution >= 4 is 0 Å². The Balaban J connectivity index is 1.07. The van der Waals surface area contributed by atoms with Gasteiger partial charge in [-0.05, 0) is 111 Å². The molecular formula is C55H43N3. The summed E-state index contributed by atoms with van der Waals surface area (Å²) in [7, 11) is 0. The van der Waals surface area contributed by atoms with Crippen LogP contribution in [0.5, 0.6) is 0 Å². The minimum Gasteiger partial charge on any atom is -0.208 e. The molecular weight excluding hydrogens is 703 g/mol. The summed E-state index contributed by atoms with van der Waals surface area (Å²) in [4.78, 5) is 15.7. The van der Waals surface area contributed by atoms with Crippen molar-refractivity contribution in [3.05, 3.63) is 199 Å². The van der Waals surface area contributed by atoms with Gasteiger partial charge in [0.25, 0.3) is 0 Å². The van der Waals surface area contributed by atoms with Crippen molar-refractivity contribution in [2.24, 2.45) is 11.8 Å². The summed E-state index contributed by atoms with van der Waals surface area (Å²) < 4.78 is 0. The molecule has 0 amide bonds. The maximum atomic E-state index is 5.26. The molecule has 11 rings (SSSR count). The lowest BCUT2D eigenvalue weighted by molar-refractivity contribution is 0.285. The zero-order valence-electron chi connectivity index (χ0n) is 32.6. The summed E-state index contributed by atoms with van der Waals surface area (Å²) >= 11 is 0. The molecule has 1 aromatic heterocycles. The summed E-state index contributed by atoms with van der Waals surface area (Å²) in [6.45, 7) is 2.41. The van der Waals surface area contributed by atoms with Gasteiger partial charge in [-0.3, -0.25) is 0 Å². The van der Waals surface area contributed by atoms with E-state index in [1.54, 1.807) is 5.57 Å². The molecule has 8 aromatic rings. The number of benzene rings is 7. The Kier molecular flexibility index (Phi) is 8.36. The van der Waals surface area contributed by atoms with E-state index in [1.807, 2.05) is 0 Å². The van der Waals surface area contributed by atoms with Crippen molar-refractivity contribution in [1.29, 1.82) is 0 Å². The topological polar surface area (TPSA) is 38.7 Å². The quantitative estimate of drug-likeness (QED) is 0.159. The molecule has 3 heteroatoms. The van der Waals surface area contributed by atoms with Crippen molar-refractivity contribution < 1.29 is 0 Å². The van der Waals surface area contributed by atoms with E-state index in [0.717, 1.165) is 51.3 Å². The fourth-order valence-electron chi connectivity index (χ4n) is 10.3. The number of hydrogen-bond donors (Lipinski definition) is 0. The molecule has 1 fully saturated rings. The van der Waals surface area contributed by atoms with Gasteiger partial charge in [0.1, 0.15) is 0 Å². The number of allylic oxidation sites excluding steroid dienone is 2. The number of nitrogens with zero attached hydrogens (tertiary/aromatic N) is 3. The van der Waals surface area contributed by atoms with E-state index in [1.165, 1.54) is 52.6 Å². The molecule has 3 aliphatic carbocycles. The van der Waals surface area contributed by atoms with Crippen LogP contribution in [-0.4, -0.2) is 15.0 Å². The molecule has 1 heterocycles. The molecule has 7 aromatic carbocycles. The summed E-state index contributed by atoms with van der Waals surface area (Å²) in [6.07, 6.45) is 7.54. The second-order valence-corrected chi connectivity index (χ2v) is 16.5. The maximum Gasteiger partial charge on any atom is 0.164 e. The van der Waals surface area contributed by atoms with Crippen LogP contribution in [0.3, 0.4) is 0 Å². The summed E-state index contributed by atoms with van der Waals surface area (Å²) in [5.74, 6) is 3.34. The van der Waals surface area contributed by atoms with Gasteiger partial charge in [-0.15, -0.1) is 0 Å². The Morgan fingerprint density at radius 3 is 1.53 bits per heavy atom. The predicted molar refractivity (Wildman–Crippen MR) is 238 cm³/mol. The van der Waals surface area contributed by atoms with E-state index < -0.39 is 0 Å². The van der Waals surface area contributed by atoms with Gasteiger partial charge < -0.3 is 0 Å². The monoisotopic (exact) mass is 745 g/mol. The number of rotatable bonds is 6. The van der Waals surface area contributed by atoms with E-state index in [-0.39, 0.29) is 5.41 Å². The Labute approximate surface area is 340 Å². The molecule has 1 spiro atoms. The van der Waals surface area contributed by atoms with Gasteiger partial charge in [-0.1, -0.05) is 176 Å². The lowest BCUT2D eigenvalue weighted by Crippen LogP contribution is -2.37. The number of hydrogen-bond acceptors (Lipinski definition) is 3. The third-order valence-corrected chi connectivity index (χ3v) is 12.9. The third kappa shape index (κ3) is 5.84. The highest BCUT2D eigenvalue weighted by atomic mass is 15.0. The SMILES string of the molecule is CC1C=C2CC(CCC23c2ccccc2-c2cccc(-c4cccc(-c5nc(-c6cccc(-c7ccccc7)c6)nc(-c6cccc(-c7ccccc7)c6)n5)c4)c23)C1. The molecule has 3 aliphatic rings. The van der Waals surface area contributed by atoms with Gasteiger partial charge in [-0.2, -0.15) is 0 Å². The normalized spacial score (nSPS) is 19.0. The minimum atomic E-state index is -0.106. The minimum absolute atomic E-state index is 0.106. The van der Waals surface area contributed by atoms with E-state index in [9.17, 15) is 0 Å². The summed E-state index contributed by atoms with van der Waals surface area (Å²) in [6, 6.07) is 63.1. The summed E-state index contributed by atoms with van der Waals surface area (Å²) in [5.41, 5.74) is 17.2. The Morgan fingerprint density at radius 2 is 0.914 bits per heavy atom. The fourth-order valence-corrected chi connectivity index (χ4v) is 10.3. The van der Waals surface area contributed by atoms with Crippen molar-refractivity contribution in [3.63, 3.8) is 0 Å². The first-order valence-corrected chi connectivity index (χ1v) is 20.7. The molecule has 3 nitrogen and oxygen atoms in total. The number of fused-ring (bicyclic) bond motifs is 8. The highest BCUT2D eigenvalue weighted by Crippen LogP contribution is 2.62. The lowest BCUT2D eigenvalue weighted by atomic mass is 9.57. The van der Waals surface area contributed by atoms with Crippen LogP contribution in [0.25, 0.3) is 78.7 Å². The first-order valence-electron chi connectivity index (χ1n) is 20.7. The van der Waals surface area contributed by atoms with E-state index in [0.29, 0.717) is 23.4 Å². The molecule has 3 unspecified atom stereocenters. The largest absolute Gasteiger partial charge is 0.208 e. The van der Waals surface area contributed by atoms with Gasteiger partial charge in [0, 0.05) is 22.1 Å². The molecule has 0 saturated heterocycles. The van der Waals surface area contributed by atoms with Crippen LogP contribution in [0, 0.1) is 11.8 Å². The molecule has 0 radical (unpaired) electrons. The van der Waals surface area contributed by atoms with Crippen molar-refractivity contribution in [3.8, 4) is 78.7 Å². The number of aromatic nitrogens is 3. The zero-order valence-corrected chi connectivity index (χ0v) is 32.6. The standard InChI is InChI=1S/C55H43N3/c1-36-30-37-28-29-55(46(31-36)32-37)50-27-9-8-24-48(50)49-26-13-25-47(51(49)55)42-20-12-23-45(35-42)54-57-52(43-21-10-18-40(33-43)38-14-4-2-5-15-38)56-53(58-54)44-22-11-19-41(34-44)39-16-6-3-7-17-39/h2-27,31,33-37H,28-30,32H2,1H3. The maximum absolute atomic E-state index is 5.26. The average Bonchev–Trinajstić information content (AvgIpc) is 3.58. The molecule has 58 heavy (non-hydrogen) atoms. The van der Waals surface area contributed by atoms with Crippen molar-refractivity contribution in [2.45, 2.75) is 38.0 Å². The first kappa shape index (κ1) is 34.5. The average molecular weight is 746 g/mol. The van der Waals surface area contributed by atoms with Gasteiger partial charge in [0.05, 0.1) is 0 Å². The van der Waals surface area contributed by atoms with Crippen LogP contribution < -0.4 is 0 Å². The van der Waals surface area contributed by atoms with Crippen LogP contribution in [-0.2, 0) is 5.41 Å². The van der Waals surface area contributed by atoms with Crippen LogP contribution in [0.15, 0.2) is 188 Å². The van der Waals surface area contributed by atoms with E-state index in [2.05, 4.69) is 189 Å². The van der Waals surface area contributed by atoms with Crippen molar-refractivity contribution in [2.75, 3.05) is 0 Å². The van der Waals surface area contributed by atoms with Crippen LogP contribution >= 0.6 is 0 Å². The second kappa shape index (κ2) is 14.0. The van der Waals surface area contributed by atoms with Gasteiger partial charge in [0.2, 0.25) is 0 Å². The van der Waals surface area contributed by atoms with Gasteiger partial charge >= 0.3 is 0 Å². The molecule has 2 bridgehead atoms. The predicted octanol–water partition coefficient (Wildman–Crippen LogP) is 13.9. The lowest BCUT2D eigenvalue weighted by Gasteiger charge is -2.46. The highest BCUT2D eigenvalue weighted by Gasteiger charge is 2.50. The molecule has 1 saturated carbocycles. The van der Waals surface area contributed by atoms with E-state index >= 15 is 0 Å². The fraction of sp³-hybridized carbons (Fsp3) is 0.145. The third-order valence-electron chi connectivity index (χ3n) is 12.9. The smallest absolute Gasteiger partial charge is 0.164 e. The van der Waals surface area contributed by atoms with Crippen molar-refractivity contribution in [1.82, 2.24) is 15.0 Å². The molecule has 0 N–H and O–H groups in total. The Hall–Kier alpha value is -6.71. The van der Waals surface area contributed by atoms with Crippen LogP contribution in [0.2, 0.25) is 0 Å².